The number of hydrogen-bond donors (Lipinski definition) is 0. The van der Waals surface area contributed by atoms with Gasteiger partial charge in [0.2, 0.25) is 0 Å². The third-order valence-electron chi connectivity index (χ3n) is 2.24. The average molecular weight is 219 g/mol. The Morgan fingerprint density at radius 1 is 1.07 bits per heavy atom. The van der Waals surface area contributed by atoms with E-state index >= 15 is 0 Å². The molecule has 0 saturated heterocycles. The molecule has 2 nitrogen and oxygen atoms in total. The van der Waals surface area contributed by atoms with Crippen molar-refractivity contribution in [1.82, 2.24) is 4.98 Å². The van der Waals surface area contributed by atoms with Gasteiger partial charge >= 0.3 is 0 Å². The zero-order valence-corrected chi connectivity index (χ0v) is 9.15. The number of benzene rings is 1. The quantitative estimate of drug-likeness (QED) is 0.718. The van der Waals surface area contributed by atoms with Crippen molar-refractivity contribution in [2.75, 3.05) is 11.9 Å². The number of nitrogens with zero attached hydrogens (tertiary/aromatic N) is 2. The Morgan fingerprint density at radius 3 is 2.47 bits per heavy atom. The number of halogens is 1. The predicted molar refractivity (Wildman–Crippen MR) is 63.8 cm³/mol. The second-order valence-electron chi connectivity index (χ2n) is 3.23. The van der Waals surface area contributed by atoms with Gasteiger partial charge in [0, 0.05) is 24.6 Å². The van der Waals surface area contributed by atoms with Gasteiger partial charge in [-0.1, -0.05) is 29.8 Å². The van der Waals surface area contributed by atoms with Gasteiger partial charge in [0.1, 0.15) is 5.15 Å². The first-order chi connectivity index (χ1) is 7.27. The van der Waals surface area contributed by atoms with Gasteiger partial charge in [0.25, 0.3) is 0 Å². The zero-order valence-electron chi connectivity index (χ0n) is 8.39. The van der Waals surface area contributed by atoms with Gasteiger partial charge in [0.15, 0.2) is 0 Å². The van der Waals surface area contributed by atoms with Crippen LogP contribution in [0.25, 0.3) is 0 Å². The van der Waals surface area contributed by atoms with E-state index in [0.717, 1.165) is 11.4 Å². The lowest BCUT2D eigenvalue weighted by molar-refractivity contribution is 1.19. The van der Waals surface area contributed by atoms with E-state index in [4.69, 9.17) is 11.6 Å². The van der Waals surface area contributed by atoms with Crippen LogP contribution in [-0.4, -0.2) is 12.0 Å². The SMILES string of the molecule is CN(c1ccccc1)c1ccnc(Cl)c1. The lowest BCUT2D eigenvalue weighted by atomic mass is 10.2. The Hall–Kier alpha value is -1.54. The highest BCUT2D eigenvalue weighted by atomic mass is 35.5. The summed E-state index contributed by atoms with van der Waals surface area (Å²) in [4.78, 5) is 6.02. The fourth-order valence-corrected chi connectivity index (χ4v) is 1.57. The van der Waals surface area contributed by atoms with Gasteiger partial charge < -0.3 is 4.90 Å². The Kier molecular flexibility index (Phi) is 2.88. The second kappa shape index (κ2) is 4.32. The minimum absolute atomic E-state index is 0.510. The number of aromatic nitrogens is 1. The monoisotopic (exact) mass is 218 g/mol. The molecule has 0 saturated carbocycles. The lowest BCUT2D eigenvalue weighted by Crippen LogP contribution is -2.08. The molecule has 0 aliphatic rings. The molecule has 1 aromatic carbocycles. The molecular weight excluding hydrogens is 208 g/mol. The maximum atomic E-state index is 5.84. The molecule has 0 fully saturated rings. The number of hydrogen-bond acceptors (Lipinski definition) is 2. The molecule has 1 heterocycles. The summed E-state index contributed by atoms with van der Waals surface area (Å²) in [6.07, 6.45) is 1.71. The zero-order chi connectivity index (χ0) is 10.7. The normalized spacial score (nSPS) is 10.0. The molecule has 0 radical (unpaired) electrons. The van der Waals surface area contributed by atoms with Crippen LogP contribution < -0.4 is 4.90 Å². The molecule has 0 amide bonds. The Bertz CT molecular complexity index is 442. The standard InChI is InChI=1S/C12H11ClN2/c1-15(10-5-3-2-4-6-10)11-7-8-14-12(13)9-11/h2-9H,1H3. The fourth-order valence-electron chi connectivity index (χ4n) is 1.40. The summed E-state index contributed by atoms with van der Waals surface area (Å²) >= 11 is 5.84. The molecule has 0 N–H and O–H groups in total. The molecule has 2 rings (SSSR count). The van der Waals surface area contributed by atoms with Gasteiger partial charge in [0.05, 0.1) is 0 Å². The highest BCUT2D eigenvalue weighted by Gasteiger charge is 2.03. The van der Waals surface area contributed by atoms with Crippen molar-refractivity contribution >= 4 is 23.0 Å². The van der Waals surface area contributed by atoms with Crippen LogP contribution in [0.15, 0.2) is 48.7 Å². The van der Waals surface area contributed by atoms with E-state index in [9.17, 15) is 0 Å². The molecule has 0 unspecified atom stereocenters. The lowest BCUT2D eigenvalue weighted by Gasteiger charge is -2.19. The Labute approximate surface area is 94.1 Å². The molecule has 0 spiro atoms. The van der Waals surface area contributed by atoms with E-state index in [2.05, 4.69) is 9.88 Å². The van der Waals surface area contributed by atoms with Crippen molar-refractivity contribution in [1.29, 1.82) is 0 Å². The van der Waals surface area contributed by atoms with Crippen LogP contribution in [0.4, 0.5) is 11.4 Å². The molecule has 2 aromatic rings. The van der Waals surface area contributed by atoms with Crippen molar-refractivity contribution < 1.29 is 0 Å². The van der Waals surface area contributed by atoms with E-state index in [0.29, 0.717) is 5.15 Å². The molecule has 0 atom stereocenters. The van der Waals surface area contributed by atoms with E-state index in [-0.39, 0.29) is 0 Å². The van der Waals surface area contributed by atoms with Crippen molar-refractivity contribution in [2.45, 2.75) is 0 Å². The van der Waals surface area contributed by atoms with Crippen molar-refractivity contribution in [3.8, 4) is 0 Å². The molecule has 1 aromatic heterocycles. The van der Waals surface area contributed by atoms with Gasteiger partial charge in [-0.2, -0.15) is 0 Å². The van der Waals surface area contributed by atoms with Crippen LogP contribution >= 0.6 is 11.6 Å². The summed E-state index contributed by atoms with van der Waals surface area (Å²) in [5.41, 5.74) is 2.15. The molecule has 0 aliphatic carbocycles. The van der Waals surface area contributed by atoms with Crippen LogP contribution in [0, 0.1) is 0 Å². The van der Waals surface area contributed by atoms with Crippen LogP contribution in [0.2, 0.25) is 5.15 Å². The van der Waals surface area contributed by atoms with Crippen LogP contribution in [0.3, 0.4) is 0 Å². The third-order valence-corrected chi connectivity index (χ3v) is 2.45. The number of para-hydroxylation sites is 1. The van der Waals surface area contributed by atoms with Gasteiger partial charge in [-0.3, -0.25) is 0 Å². The van der Waals surface area contributed by atoms with E-state index in [1.54, 1.807) is 6.20 Å². The van der Waals surface area contributed by atoms with Gasteiger partial charge in [-0.15, -0.1) is 0 Å². The molecule has 0 aliphatic heterocycles. The minimum atomic E-state index is 0.510. The highest BCUT2D eigenvalue weighted by molar-refractivity contribution is 6.29. The van der Waals surface area contributed by atoms with Crippen LogP contribution in [0.1, 0.15) is 0 Å². The topological polar surface area (TPSA) is 16.1 Å². The number of pyridine rings is 1. The van der Waals surface area contributed by atoms with Gasteiger partial charge in [-0.05, 0) is 24.3 Å². The largest absolute Gasteiger partial charge is 0.344 e. The maximum absolute atomic E-state index is 5.84. The van der Waals surface area contributed by atoms with Gasteiger partial charge in [-0.25, -0.2) is 4.98 Å². The summed E-state index contributed by atoms with van der Waals surface area (Å²) in [5, 5.41) is 0.510. The first-order valence-corrected chi connectivity index (χ1v) is 5.05. The predicted octanol–water partition coefficient (Wildman–Crippen LogP) is 3.50. The molecule has 3 heteroatoms. The highest BCUT2D eigenvalue weighted by Crippen LogP contribution is 2.23. The first kappa shape index (κ1) is 9.99. The van der Waals surface area contributed by atoms with Crippen LogP contribution in [-0.2, 0) is 0 Å². The Morgan fingerprint density at radius 2 is 1.80 bits per heavy atom. The van der Waals surface area contributed by atoms with Crippen molar-refractivity contribution in [3.05, 3.63) is 53.8 Å². The summed E-state index contributed by atoms with van der Waals surface area (Å²) in [6, 6.07) is 13.9. The number of anilines is 2. The van der Waals surface area contributed by atoms with E-state index in [1.807, 2.05) is 49.5 Å². The summed E-state index contributed by atoms with van der Waals surface area (Å²) in [5.74, 6) is 0. The van der Waals surface area contributed by atoms with E-state index < -0.39 is 0 Å². The number of rotatable bonds is 2. The van der Waals surface area contributed by atoms with Crippen LogP contribution in [0.5, 0.6) is 0 Å². The van der Waals surface area contributed by atoms with Crippen molar-refractivity contribution in [2.24, 2.45) is 0 Å². The summed E-state index contributed by atoms with van der Waals surface area (Å²) in [6.45, 7) is 0. The molecular formula is C12H11ClN2. The maximum Gasteiger partial charge on any atom is 0.131 e. The van der Waals surface area contributed by atoms with Crippen molar-refractivity contribution in [3.63, 3.8) is 0 Å². The smallest absolute Gasteiger partial charge is 0.131 e. The van der Waals surface area contributed by atoms with E-state index in [1.165, 1.54) is 0 Å². The second-order valence-corrected chi connectivity index (χ2v) is 3.62. The fraction of sp³-hybridized carbons (Fsp3) is 0.0833. The molecule has 15 heavy (non-hydrogen) atoms. The minimum Gasteiger partial charge on any atom is -0.344 e. The Balaban J connectivity index is 2.32. The average Bonchev–Trinajstić information content (AvgIpc) is 2.29. The molecule has 0 bridgehead atoms. The summed E-state index contributed by atoms with van der Waals surface area (Å²) in [7, 11) is 2.00. The third kappa shape index (κ3) is 2.28. The first-order valence-electron chi connectivity index (χ1n) is 4.68. The molecule has 76 valence electrons. The summed E-state index contributed by atoms with van der Waals surface area (Å²) < 4.78 is 0.